The van der Waals surface area contributed by atoms with Crippen molar-refractivity contribution in [2.75, 3.05) is 18.0 Å². The number of carbonyl (C=O) groups is 2. The van der Waals surface area contributed by atoms with Crippen molar-refractivity contribution in [2.24, 2.45) is 0 Å². The molecule has 5 heteroatoms. The predicted octanol–water partition coefficient (Wildman–Crippen LogP) is 2.03. The van der Waals surface area contributed by atoms with Gasteiger partial charge in [0.15, 0.2) is 6.10 Å². The van der Waals surface area contributed by atoms with Gasteiger partial charge in [0.05, 0.1) is 5.69 Å². The molecule has 0 bridgehead atoms. The van der Waals surface area contributed by atoms with Gasteiger partial charge in [0.2, 0.25) is 5.91 Å². The zero-order chi connectivity index (χ0) is 15.4. The maximum absolute atomic E-state index is 12.3. The zero-order valence-corrected chi connectivity index (χ0v) is 12.8. The average molecular weight is 290 g/mol. The second-order valence-corrected chi connectivity index (χ2v) is 5.36. The summed E-state index contributed by atoms with van der Waals surface area (Å²) in [5.41, 5.74) is 1.69. The summed E-state index contributed by atoms with van der Waals surface area (Å²) in [5.74, 6) is 0.325. The number of carbonyl (C=O) groups excluding carboxylic acids is 2. The molecule has 1 aromatic rings. The topological polar surface area (TPSA) is 58.6 Å². The van der Waals surface area contributed by atoms with Gasteiger partial charge in [-0.25, -0.2) is 0 Å². The third-order valence-electron chi connectivity index (χ3n) is 3.48. The molecule has 1 N–H and O–H groups in total. The Bertz CT molecular complexity index is 542. The van der Waals surface area contributed by atoms with Gasteiger partial charge in [-0.15, -0.1) is 0 Å². The number of hydrogen-bond donors (Lipinski definition) is 1. The van der Waals surface area contributed by atoms with Crippen LogP contribution < -0.4 is 15.0 Å². The molecule has 2 rings (SSSR count). The fraction of sp³-hybridized carbons (Fsp3) is 0.500. The van der Waals surface area contributed by atoms with Crippen LogP contribution in [0.15, 0.2) is 18.2 Å². The Morgan fingerprint density at radius 1 is 1.43 bits per heavy atom. The SMILES string of the molecule is CCCCNC(=O)CN1C(=O)C(C)Oc2ccc(C)cc21. The van der Waals surface area contributed by atoms with E-state index in [2.05, 4.69) is 12.2 Å². The molecule has 1 aliphatic heterocycles. The molecule has 0 radical (unpaired) electrons. The second kappa shape index (κ2) is 6.61. The molecule has 0 spiro atoms. The van der Waals surface area contributed by atoms with Gasteiger partial charge < -0.3 is 10.1 Å². The van der Waals surface area contributed by atoms with Crippen LogP contribution in [0.5, 0.6) is 5.75 Å². The smallest absolute Gasteiger partial charge is 0.268 e. The molecule has 1 aliphatic rings. The van der Waals surface area contributed by atoms with Crippen LogP contribution >= 0.6 is 0 Å². The third-order valence-corrected chi connectivity index (χ3v) is 3.48. The van der Waals surface area contributed by atoms with Crippen LogP contribution in [-0.4, -0.2) is 31.0 Å². The number of hydrogen-bond acceptors (Lipinski definition) is 3. The number of rotatable bonds is 5. The Kier molecular flexibility index (Phi) is 4.83. The van der Waals surface area contributed by atoms with E-state index in [-0.39, 0.29) is 18.4 Å². The monoisotopic (exact) mass is 290 g/mol. The quantitative estimate of drug-likeness (QED) is 0.844. The van der Waals surface area contributed by atoms with E-state index in [1.807, 2.05) is 25.1 Å². The number of aryl methyl sites for hydroxylation is 1. The van der Waals surface area contributed by atoms with Crippen molar-refractivity contribution in [3.8, 4) is 5.75 Å². The van der Waals surface area contributed by atoms with Gasteiger partial charge in [0.1, 0.15) is 12.3 Å². The Balaban J connectivity index is 2.15. The summed E-state index contributed by atoms with van der Waals surface area (Å²) < 4.78 is 5.59. The predicted molar refractivity (Wildman–Crippen MR) is 81.5 cm³/mol. The van der Waals surface area contributed by atoms with Crippen LogP contribution in [0.1, 0.15) is 32.3 Å². The first kappa shape index (κ1) is 15.4. The van der Waals surface area contributed by atoms with Crippen molar-refractivity contribution in [2.45, 2.75) is 39.7 Å². The highest BCUT2D eigenvalue weighted by Gasteiger charge is 2.32. The van der Waals surface area contributed by atoms with E-state index in [1.165, 1.54) is 4.90 Å². The lowest BCUT2D eigenvalue weighted by atomic mass is 10.1. The van der Waals surface area contributed by atoms with Gasteiger partial charge in [-0.05, 0) is 38.0 Å². The number of anilines is 1. The fourth-order valence-corrected chi connectivity index (χ4v) is 2.28. The molecule has 1 aromatic carbocycles. The lowest BCUT2D eigenvalue weighted by Crippen LogP contribution is -2.48. The van der Waals surface area contributed by atoms with Crippen molar-refractivity contribution in [3.63, 3.8) is 0 Å². The van der Waals surface area contributed by atoms with Crippen LogP contribution in [0.4, 0.5) is 5.69 Å². The van der Waals surface area contributed by atoms with Crippen LogP contribution in [0.25, 0.3) is 0 Å². The third kappa shape index (κ3) is 3.54. The fourth-order valence-electron chi connectivity index (χ4n) is 2.28. The summed E-state index contributed by atoms with van der Waals surface area (Å²) in [5, 5.41) is 2.84. The molecule has 0 aliphatic carbocycles. The number of amides is 2. The van der Waals surface area contributed by atoms with Gasteiger partial charge in [0, 0.05) is 6.54 Å². The van der Waals surface area contributed by atoms with Gasteiger partial charge in [-0.1, -0.05) is 19.4 Å². The molecule has 0 saturated carbocycles. The first-order valence-corrected chi connectivity index (χ1v) is 7.38. The maximum Gasteiger partial charge on any atom is 0.268 e. The lowest BCUT2D eigenvalue weighted by molar-refractivity contribution is -0.128. The molecule has 1 unspecified atom stereocenters. The summed E-state index contributed by atoms with van der Waals surface area (Å²) >= 11 is 0. The number of ether oxygens (including phenoxy) is 1. The highest BCUT2D eigenvalue weighted by atomic mass is 16.5. The zero-order valence-electron chi connectivity index (χ0n) is 12.8. The maximum atomic E-state index is 12.3. The van der Waals surface area contributed by atoms with E-state index < -0.39 is 6.10 Å². The number of nitrogens with one attached hydrogen (secondary N) is 1. The van der Waals surface area contributed by atoms with Crippen LogP contribution in [-0.2, 0) is 9.59 Å². The highest BCUT2D eigenvalue weighted by Crippen LogP contribution is 2.34. The van der Waals surface area contributed by atoms with Crippen molar-refractivity contribution in [1.82, 2.24) is 5.32 Å². The van der Waals surface area contributed by atoms with E-state index >= 15 is 0 Å². The standard InChI is InChI=1S/C16H22N2O3/c1-4-5-8-17-15(19)10-18-13-9-11(2)6-7-14(13)21-12(3)16(18)20/h6-7,9,12H,4-5,8,10H2,1-3H3,(H,17,19). The first-order chi connectivity index (χ1) is 10.0. The summed E-state index contributed by atoms with van der Waals surface area (Å²) in [7, 11) is 0. The van der Waals surface area contributed by atoms with Gasteiger partial charge >= 0.3 is 0 Å². The van der Waals surface area contributed by atoms with E-state index in [0.29, 0.717) is 18.0 Å². The number of unbranched alkanes of at least 4 members (excludes halogenated alkanes) is 1. The van der Waals surface area contributed by atoms with Gasteiger partial charge in [-0.2, -0.15) is 0 Å². The summed E-state index contributed by atoms with van der Waals surface area (Å²) in [6, 6.07) is 5.65. The summed E-state index contributed by atoms with van der Waals surface area (Å²) in [4.78, 5) is 25.8. The molecule has 0 aromatic heterocycles. The van der Waals surface area contributed by atoms with E-state index in [0.717, 1.165) is 18.4 Å². The molecule has 0 fully saturated rings. The van der Waals surface area contributed by atoms with Gasteiger partial charge in [0.25, 0.3) is 5.91 Å². The van der Waals surface area contributed by atoms with Crippen molar-refractivity contribution >= 4 is 17.5 Å². The minimum absolute atomic E-state index is 0.0344. The van der Waals surface area contributed by atoms with E-state index in [9.17, 15) is 9.59 Å². The van der Waals surface area contributed by atoms with Crippen LogP contribution in [0, 0.1) is 6.92 Å². The minimum atomic E-state index is -0.566. The average Bonchev–Trinajstić information content (AvgIpc) is 2.45. The second-order valence-electron chi connectivity index (χ2n) is 5.36. The number of fused-ring (bicyclic) bond motifs is 1. The van der Waals surface area contributed by atoms with Gasteiger partial charge in [-0.3, -0.25) is 14.5 Å². The Hall–Kier alpha value is -2.04. The van der Waals surface area contributed by atoms with E-state index in [4.69, 9.17) is 4.74 Å². The molecular formula is C16H22N2O3. The number of benzene rings is 1. The molecule has 2 amide bonds. The van der Waals surface area contributed by atoms with E-state index in [1.54, 1.807) is 6.92 Å². The van der Waals surface area contributed by atoms with Crippen molar-refractivity contribution in [1.29, 1.82) is 0 Å². The molecule has 1 heterocycles. The van der Waals surface area contributed by atoms with Crippen molar-refractivity contribution in [3.05, 3.63) is 23.8 Å². The molecule has 5 nitrogen and oxygen atoms in total. The Labute approximate surface area is 125 Å². The van der Waals surface area contributed by atoms with Crippen LogP contribution in [0.3, 0.4) is 0 Å². The summed E-state index contributed by atoms with van der Waals surface area (Å²) in [6.07, 6.45) is 1.40. The normalized spacial score (nSPS) is 17.2. The molecule has 21 heavy (non-hydrogen) atoms. The molecule has 0 saturated heterocycles. The molecular weight excluding hydrogens is 268 g/mol. The largest absolute Gasteiger partial charge is 0.479 e. The van der Waals surface area contributed by atoms with Crippen LogP contribution in [0.2, 0.25) is 0 Å². The Morgan fingerprint density at radius 3 is 2.90 bits per heavy atom. The Morgan fingerprint density at radius 2 is 2.19 bits per heavy atom. The number of nitrogens with zero attached hydrogens (tertiary/aromatic N) is 1. The lowest BCUT2D eigenvalue weighted by Gasteiger charge is -2.32. The minimum Gasteiger partial charge on any atom is -0.479 e. The first-order valence-electron chi connectivity index (χ1n) is 7.38. The molecule has 1 atom stereocenters. The molecule has 114 valence electrons. The summed E-state index contributed by atoms with van der Waals surface area (Å²) in [6.45, 7) is 6.39. The van der Waals surface area contributed by atoms with Crippen molar-refractivity contribution < 1.29 is 14.3 Å². The highest BCUT2D eigenvalue weighted by molar-refractivity contribution is 6.03.